The van der Waals surface area contributed by atoms with Gasteiger partial charge in [-0.05, 0) is 52.0 Å². The molecule has 2 aromatic rings. The smallest absolute Gasteiger partial charge is 0.254 e. The number of amides is 2. The van der Waals surface area contributed by atoms with E-state index in [2.05, 4.69) is 0 Å². The van der Waals surface area contributed by atoms with Gasteiger partial charge in [0.2, 0.25) is 0 Å². The van der Waals surface area contributed by atoms with Gasteiger partial charge in [0.05, 0.1) is 0 Å². The minimum absolute atomic E-state index is 0.0204. The number of carbonyl (C=O) groups excluding carboxylic acids is 2. The highest BCUT2D eigenvalue weighted by atomic mass is 16.2. The van der Waals surface area contributed by atoms with E-state index in [1.54, 1.807) is 0 Å². The molecule has 0 aromatic heterocycles. The molecule has 0 N–H and O–H groups in total. The first kappa shape index (κ1) is 18.2. The van der Waals surface area contributed by atoms with Crippen LogP contribution in [0.3, 0.4) is 0 Å². The lowest BCUT2D eigenvalue weighted by Crippen LogP contribution is -2.59. The molecule has 1 aliphatic rings. The number of piperazine rings is 1. The van der Waals surface area contributed by atoms with Crippen LogP contribution in [0.25, 0.3) is 0 Å². The average Bonchev–Trinajstić information content (AvgIpc) is 2.62. The van der Waals surface area contributed by atoms with Crippen LogP contribution in [0, 0.1) is 13.8 Å². The molecule has 0 spiro atoms. The Morgan fingerprint density at radius 1 is 0.769 bits per heavy atom. The molecule has 2 atom stereocenters. The molecule has 4 heteroatoms. The Labute approximate surface area is 155 Å². The SMILES string of the molecule is Cc1cccc(C(=O)N2CC(C)N(C(=O)c3cccc(C)c3)CC2C)c1. The average molecular weight is 350 g/mol. The summed E-state index contributed by atoms with van der Waals surface area (Å²) in [4.78, 5) is 29.6. The molecule has 0 saturated carbocycles. The van der Waals surface area contributed by atoms with Crippen LogP contribution in [0.4, 0.5) is 0 Å². The highest BCUT2D eigenvalue weighted by Gasteiger charge is 2.35. The zero-order chi connectivity index (χ0) is 18.8. The van der Waals surface area contributed by atoms with Crippen molar-refractivity contribution in [3.05, 3.63) is 70.8 Å². The second kappa shape index (κ2) is 7.32. The second-order valence-corrected chi connectivity index (χ2v) is 7.35. The van der Waals surface area contributed by atoms with Crippen molar-refractivity contribution in [2.24, 2.45) is 0 Å². The summed E-state index contributed by atoms with van der Waals surface area (Å²) in [6.45, 7) is 9.09. The van der Waals surface area contributed by atoms with Crippen LogP contribution in [-0.4, -0.2) is 46.8 Å². The van der Waals surface area contributed by atoms with Crippen LogP contribution in [0.15, 0.2) is 48.5 Å². The summed E-state index contributed by atoms with van der Waals surface area (Å²) in [5.41, 5.74) is 3.57. The van der Waals surface area contributed by atoms with E-state index in [0.29, 0.717) is 24.2 Å². The Morgan fingerprint density at radius 3 is 1.50 bits per heavy atom. The Morgan fingerprint density at radius 2 is 1.15 bits per heavy atom. The standard InChI is InChI=1S/C22H26N2O2/c1-15-7-5-9-19(11-15)21(25)23-13-18(4)24(14-17(23)3)22(26)20-10-6-8-16(2)12-20/h5-12,17-18H,13-14H2,1-4H3. The summed E-state index contributed by atoms with van der Waals surface area (Å²) in [5.74, 6) is 0.0754. The van der Waals surface area contributed by atoms with Gasteiger partial charge in [-0.25, -0.2) is 0 Å². The first-order chi connectivity index (χ1) is 12.4. The molecule has 1 aliphatic heterocycles. The van der Waals surface area contributed by atoms with Gasteiger partial charge in [-0.1, -0.05) is 35.4 Å². The predicted octanol–water partition coefficient (Wildman–Crippen LogP) is 3.68. The van der Waals surface area contributed by atoms with Gasteiger partial charge in [0.15, 0.2) is 0 Å². The van der Waals surface area contributed by atoms with E-state index in [1.807, 2.05) is 86.0 Å². The Bertz CT molecular complexity index is 761. The van der Waals surface area contributed by atoms with Gasteiger partial charge in [0.25, 0.3) is 11.8 Å². The van der Waals surface area contributed by atoms with Crippen molar-refractivity contribution < 1.29 is 9.59 Å². The van der Waals surface area contributed by atoms with Crippen molar-refractivity contribution in [1.82, 2.24) is 9.80 Å². The van der Waals surface area contributed by atoms with E-state index in [9.17, 15) is 9.59 Å². The van der Waals surface area contributed by atoms with Gasteiger partial charge < -0.3 is 9.80 Å². The quantitative estimate of drug-likeness (QED) is 0.829. The maximum atomic E-state index is 12.9. The summed E-state index contributed by atoms with van der Waals surface area (Å²) >= 11 is 0. The molecular formula is C22H26N2O2. The van der Waals surface area contributed by atoms with Gasteiger partial charge in [0, 0.05) is 36.3 Å². The fourth-order valence-electron chi connectivity index (χ4n) is 3.58. The molecule has 1 heterocycles. The van der Waals surface area contributed by atoms with Crippen LogP contribution in [-0.2, 0) is 0 Å². The minimum atomic E-state index is -0.0204. The Hall–Kier alpha value is -2.62. The fourth-order valence-corrected chi connectivity index (χ4v) is 3.58. The number of benzene rings is 2. The Kier molecular flexibility index (Phi) is 5.12. The number of aryl methyl sites for hydroxylation is 2. The van der Waals surface area contributed by atoms with E-state index in [-0.39, 0.29) is 23.9 Å². The molecule has 0 radical (unpaired) electrons. The number of hydrogen-bond acceptors (Lipinski definition) is 2. The predicted molar refractivity (Wildman–Crippen MR) is 103 cm³/mol. The molecule has 0 bridgehead atoms. The molecule has 4 nitrogen and oxygen atoms in total. The largest absolute Gasteiger partial charge is 0.332 e. The first-order valence-electron chi connectivity index (χ1n) is 9.12. The van der Waals surface area contributed by atoms with Crippen LogP contribution in [0.5, 0.6) is 0 Å². The van der Waals surface area contributed by atoms with Crippen molar-refractivity contribution in [1.29, 1.82) is 0 Å². The molecule has 2 amide bonds. The van der Waals surface area contributed by atoms with Gasteiger partial charge in [-0.2, -0.15) is 0 Å². The monoisotopic (exact) mass is 350 g/mol. The normalized spacial score (nSPS) is 20.2. The minimum Gasteiger partial charge on any atom is -0.332 e. The van der Waals surface area contributed by atoms with Crippen molar-refractivity contribution >= 4 is 11.8 Å². The molecule has 1 fully saturated rings. The molecule has 26 heavy (non-hydrogen) atoms. The lowest BCUT2D eigenvalue weighted by molar-refractivity contribution is 0.0270. The molecule has 0 aliphatic carbocycles. The number of nitrogens with zero attached hydrogens (tertiary/aromatic N) is 2. The fraction of sp³-hybridized carbons (Fsp3) is 0.364. The molecule has 136 valence electrons. The van der Waals surface area contributed by atoms with Crippen molar-refractivity contribution in [2.75, 3.05) is 13.1 Å². The molecule has 2 unspecified atom stereocenters. The van der Waals surface area contributed by atoms with Gasteiger partial charge in [-0.15, -0.1) is 0 Å². The summed E-state index contributed by atoms with van der Waals surface area (Å²) in [6, 6.07) is 15.3. The van der Waals surface area contributed by atoms with E-state index < -0.39 is 0 Å². The topological polar surface area (TPSA) is 40.6 Å². The molecule has 1 saturated heterocycles. The van der Waals surface area contributed by atoms with E-state index in [4.69, 9.17) is 0 Å². The van der Waals surface area contributed by atoms with Crippen molar-refractivity contribution in [3.8, 4) is 0 Å². The Balaban J connectivity index is 1.77. The summed E-state index contributed by atoms with van der Waals surface area (Å²) in [5, 5.41) is 0. The van der Waals surface area contributed by atoms with Gasteiger partial charge >= 0.3 is 0 Å². The maximum absolute atomic E-state index is 12.9. The third-order valence-corrected chi connectivity index (χ3v) is 5.04. The van der Waals surface area contributed by atoms with Gasteiger partial charge in [0.1, 0.15) is 0 Å². The molecule has 2 aromatic carbocycles. The molecule has 3 rings (SSSR count). The number of hydrogen-bond donors (Lipinski definition) is 0. The lowest BCUT2D eigenvalue weighted by Gasteiger charge is -2.44. The van der Waals surface area contributed by atoms with Crippen molar-refractivity contribution in [2.45, 2.75) is 39.8 Å². The van der Waals surface area contributed by atoms with Crippen LogP contribution in [0.1, 0.15) is 45.7 Å². The number of rotatable bonds is 2. The number of carbonyl (C=O) groups is 2. The van der Waals surface area contributed by atoms with Crippen LogP contribution < -0.4 is 0 Å². The van der Waals surface area contributed by atoms with E-state index >= 15 is 0 Å². The highest BCUT2D eigenvalue weighted by Crippen LogP contribution is 2.21. The van der Waals surface area contributed by atoms with Gasteiger partial charge in [-0.3, -0.25) is 9.59 Å². The zero-order valence-electron chi connectivity index (χ0n) is 15.9. The zero-order valence-corrected chi connectivity index (χ0v) is 15.9. The van der Waals surface area contributed by atoms with E-state index in [1.165, 1.54) is 0 Å². The molecular weight excluding hydrogens is 324 g/mol. The highest BCUT2D eigenvalue weighted by molar-refractivity contribution is 5.96. The van der Waals surface area contributed by atoms with E-state index in [0.717, 1.165) is 11.1 Å². The van der Waals surface area contributed by atoms with Crippen LogP contribution in [0.2, 0.25) is 0 Å². The lowest BCUT2D eigenvalue weighted by atomic mass is 10.0. The summed E-state index contributed by atoms with van der Waals surface area (Å²) < 4.78 is 0. The first-order valence-corrected chi connectivity index (χ1v) is 9.12. The van der Waals surface area contributed by atoms with Crippen molar-refractivity contribution in [3.63, 3.8) is 0 Å². The van der Waals surface area contributed by atoms with Crippen LogP contribution >= 0.6 is 0 Å². The summed E-state index contributed by atoms with van der Waals surface area (Å²) in [7, 11) is 0. The maximum Gasteiger partial charge on any atom is 0.254 e. The third-order valence-electron chi connectivity index (χ3n) is 5.04. The third kappa shape index (κ3) is 3.64. The second-order valence-electron chi connectivity index (χ2n) is 7.35. The summed E-state index contributed by atoms with van der Waals surface area (Å²) in [6.07, 6.45) is 0.